The zero-order valence-corrected chi connectivity index (χ0v) is 32.6. The molecule has 4 aromatic rings. The number of Topliss-reactive ketones (excluding diaryl/α,β-unsaturated/α-hetero) is 2. The number of nitro groups is 2. The average molecular weight is 795 g/mol. The zero-order valence-electron chi connectivity index (χ0n) is 32.6. The number of carbonyl (C=O) groups is 4. The van der Waals surface area contributed by atoms with Crippen molar-refractivity contribution >= 4 is 68.9 Å². The Bertz CT molecular complexity index is 2160. The predicted octanol–water partition coefficient (Wildman–Crippen LogP) is 7.36. The standard InChI is InChI=1S/C40H42N8O10/c1-7-15-57-35-21-31(23(3)17-33(35)43-45-37(25(5)49)39(51)41-27-11-9-13-29(19-27)47(53)54)32-22-36(58-16-8-2)34(18-24(32)4)44-46-38(26(6)50)40(52)42-28-12-10-14-30(20-28)48(55)56/h9-14,17-22,43-44H,7-8,15-16H2,1-6H3,(H,41,51)(H,42,52)/b45-37+,46-38+. The van der Waals surface area contributed by atoms with E-state index in [2.05, 4.69) is 31.7 Å². The zero-order chi connectivity index (χ0) is 42.5. The van der Waals surface area contributed by atoms with Gasteiger partial charge in [-0.2, -0.15) is 10.2 Å². The van der Waals surface area contributed by atoms with Crippen LogP contribution in [0.15, 0.2) is 83.0 Å². The summed E-state index contributed by atoms with van der Waals surface area (Å²) in [6, 6.07) is 17.6. The summed E-state index contributed by atoms with van der Waals surface area (Å²) in [5.41, 5.74) is 8.00. The summed E-state index contributed by atoms with van der Waals surface area (Å²) in [4.78, 5) is 72.3. The Kier molecular flexibility index (Phi) is 14.8. The maximum Gasteiger partial charge on any atom is 0.279 e. The third-order valence-corrected chi connectivity index (χ3v) is 8.17. The van der Waals surface area contributed by atoms with Crippen molar-refractivity contribution in [3.63, 3.8) is 0 Å². The van der Waals surface area contributed by atoms with Crippen molar-refractivity contribution in [2.45, 2.75) is 54.4 Å². The van der Waals surface area contributed by atoms with Gasteiger partial charge in [0.15, 0.2) is 23.0 Å². The number of benzene rings is 4. The van der Waals surface area contributed by atoms with E-state index in [1.807, 2.05) is 27.7 Å². The van der Waals surface area contributed by atoms with Crippen LogP contribution in [0.2, 0.25) is 0 Å². The van der Waals surface area contributed by atoms with E-state index >= 15 is 0 Å². The Hall–Kier alpha value is -7.50. The van der Waals surface area contributed by atoms with Crippen LogP contribution >= 0.6 is 0 Å². The first-order valence-electron chi connectivity index (χ1n) is 18.0. The number of carbonyl (C=O) groups excluding carboxylic acids is 4. The number of non-ortho nitro benzene ring substituents is 2. The number of hydrazone groups is 2. The molecule has 0 heterocycles. The van der Waals surface area contributed by atoms with E-state index in [-0.39, 0.29) is 22.7 Å². The van der Waals surface area contributed by atoms with Crippen LogP contribution in [0.4, 0.5) is 34.1 Å². The van der Waals surface area contributed by atoms with Crippen LogP contribution in [-0.2, 0) is 19.2 Å². The smallest absolute Gasteiger partial charge is 0.279 e. The fraction of sp³-hybridized carbons (Fsp3) is 0.250. The highest BCUT2D eigenvalue weighted by molar-refractivity contribution is 6.67. The highest BCUT2D eigenvalue weighted by Gasteiger charge is 2.22. The van der Waals surface area contributed by atoms with Crippen LogP contribution in [0.1, 0.15) is 51.7 Å². The first-order chi connectivity index (χ1) is 27.6. The maximum atomic E-state index is 13.1. The monoisotopic (exact) mass is 794 g/mol. The van der Waals surface area contributed by atoms with Gasteiger partial charge in [0.05, 0.1) is 34.4 Å². The van der Waals surface area contributed by atoms with Crippen molar-refractivity contribution in [2.75, 3.05) is 34.7 Å². The Balaban J connectivity index is 1.68. The number of rotatable bonds is 19. The quantitative estimate of drug-likeness (QED) is 0.0315. The van der Waals surface area contributed by atoms with Gasteiger partial charge in [-0.05, 0) is 85.3 Å². The van der Waals surface area contributed by atoms with Crippen molar-refractivity contribution in [1.29, 1.82) is 0 Å². The Labute approximate surface area is 333 Å². The summed E-state index contributed by atoms with van der Waals surface area (Å²) in [6.45, 7) is 10.5. The molecule has 18 heteroatoms. The van der Waals surface area contributed by atoms with Gasteiger partial charge in [-0.15, -0.1) is 0 Å². The van der Waals surface area contributed by atoms with Crippen molar-refractivity contribution < 1.29 is 38.5 Å². The summed E-state index contributed by atoms with van der Waals surface area (Å²) in [6.07, 6.45) is 1.33. The fourth-order valence-electron chi connectivity index (χ4n) is 5.38. The van der Waals surface area contributed by atoms with Gasteiger partial charge in [0.1, 0.15) is 11.5 Å². The molecule has 0 aromatic heterocycles. The molecule has 18 nitrogen and oxygen atoms in total. The second-order valence-electron chi connectivity index (χ2n) is 12.8. The van der Waals surface area contributed by atoms with Crippen LogP contribution in [0.25, 0.3) is 11.1 Å². The number of nitrogens with one attached hydrogen (secondary N) is 4. The third-order valence-electron chi connectivity index (χ3n) is 8.17. The molecule has 0 saturated carbocycles. The van der Waals surface area contributed by atoms with E-state index in [1.54, 1.807) is 24.3 Å². The summed E-state index contributed by atoms with van der Waals surface area (Å²) >= 11 is 0. The van der Waals surface area contributed by atoms with E-state index < -0.39 is 44.7 Å². The minimum absolute atomic E-state index is 0.105. The van der Waals surface area contributed by atoms with Crippen LogP contribution in [0, 0.1) is 34.1 Å². The largest absolute Gasteiger partial charge is 0.491 e. The van der Waals surface area contributed by atoms with Gasteiger partial charge in [0.2, 0.25) is 0 Å². The second-order valence-corrected chi connectivity index (χ2v) is 12.8. The summed E-state index contributed by atoms with van der Waals surface area (Å²) in [5, 5.41) is 35.5. The number of aryl methyl sites for hydroxylation is 2. The maximum absolute atomic E-state index is 13.1. The van der Waals surface area contributed by atoms with Gasteiger partial charge in [-0.1, -0.05) is 26.0 Å². The van der Waals surface area contributed by atoms with Crippen LogP contribution in [0.5, 0.6) is 11.5 Å². The van der Waals surface area contributed by atoms with Gasteiger partial charge < -0.3 is 20.1 Å². The van der Waals surface area contributed by atoms with Crippen molar-refractivity contribution in [3.05, 3.63) is 104 Å². The molecule has 0 saturated heterocycles. The fourth-order valence-corrected chi connectivity index (χ4v) is 5.38. The molecule has 0 atom stereocenters. The molecule has 0 aliphatic heterocycles. The first kappa shape index (κ1) is 43.2. The van der Waals surface area contributed by atoms with E-state index in [4.69, 9.17) is 9.47 Å². The number of ketones is 2. The molecule has 302 valence electrons. The lowest BCUT2D eigenvalue weighted by molar-refractivity contribution is -0.385. The molecule has 0 aliphatic rings. The number of hydrogen-bond donors (Lipinski definition) is 4. The number of nitro benzene ring substituents is 2. The van der Waals surface area contributed by atoms with Crippen LogP contribution < -0.4 is 31.0 Å². The molecule has 58 heavy (non-hydrogen) atoms. The van der Waals surface area contributed by atoms with Crippen molar-refractivity contribution in [3.8, 4) is 22.6 Å². The lowest BCUT2D eigenvalue weighted by Gasteiger charge is -2.19. The van der Waals surface area contributed by atoms with Crippen LogP contribution in [0.3, 0.4) is 0 Å². The molecule has 0 fully saturated rings. The lowest BCUT2D eigenvalue weighted by atomic mass is 9.95. The summed E-state index contributed by atoms with van der Waals surface area (Å²) in [7, 11) is 0. The predicted molar refractivity (Wildman–Crippen MR) is 220 cm³/mol. The highest BCUT2D eigenvalue weighted by Crippen LogP contribution is 2.40. The van der Waals surface area contributed by atoms with Gasteiger partial charge in [0.25, 0.3) is 23.2 Å². The Morgan fingerprint density at radius 1 is 0.621 bits per heavy atom. The Morgan fingerprint density at radius 3 is 1.33 bits per heavy atom. The molecule has 0 spiro atoms. The second kappa shape index (κ2) is 19.9. The van der Waals surface area contributed by atoms with Gasteiger partial charge in [-0.3, -0.25) is 50.3 Å². The van der Waals surface area contributed by atoms with Gasteiger partial charge in [-0.25, -0.2) is 0 Å². The number of amides is 2. The van der Waals surface area contributed by atoms with E-state index in [0.717, 1.165) is 48.2 Å². The highest BCUT2D eigenvalue weighted by atomic mass is 16.6. The lowest BCUT2D eigenvalue weighted by Crippen LogP contribution is -2.29. The summed E-state index contributed by atoms with van der Waals surface area (Å²) in [5.74, 6) is -2.36. The Morgan fingerprint density at radius 2 is 1.00 bits per heavy atom. The molecule has 4 rings (SSSR count). The van der Waals surface area contributed by atoms with E-state index in [1.165, 1.54) is 36.4 Å². The molecule has 4 N–H and O–H groups in total. The molecular weight excluding hydrogens is 752 g/mol. The van der Waals surface area contributed by atoms with Crippen molar-refractivity contribution in [1.82, 2.24) is 0 Å². The number of nitrogens with zero attached hydrogens (tertiary/aromatic N) is 4. The minimum atomic E-state index is -0.878. The third kappa shape index (κ3) is 11.3. The number of ether oxygens (including phenoxy) is 2. The average Bonchev–Trinajstić information content (AvgIpc) is 3.17. The minimum Gasteiger partial charge on any atom is -0.491 e. The molecule has 0 radical (unpaired) electrons. The van der Waals surface area contributed by atoms with Crippen LogP contribution in [-0.4, -0.2) is 57.9 Å². The number of hydrogen-bond acceptors (Lipinski definition) is 14. The molecule has 0 aliphatic carbocycles. The molecule has 2 amide bonds. The molecule has 4 aromatic carbocycles. The molecule has 0 unspecified atom stereocenters. The van der Waals surface area contributed by atoms with Gasteiger partial charge >= 0.3 is 0 Å². The first-order valence-corrected chi connectivity index (χ1v) is 18.0. The SMILES string of the molecule is CCCOc1cc(-c2cc(OCCC)c(N/N=C(\C(C)=O)C(=O)Nc3cccc([N+](=O)[O-])c3)cc2C)c(C)cc1N/N=C(\C(C)=O)C(=O)Nc1cccc([N+](=O)[O-])c1. The number of anilines is 4. The summed E-state index contributed by atoms with van der Waals surface area (Å²) < 4.78 is 12.1. The van der Waals surface area contributed by atoms with Crippen molar-refractivity contribution in [2.24, 2.45) is 10.2 Å². The normalized spacial score (nSPS) is 11.3. The van der Waals surface area contributed by atoms with E-state index in [9.17, 15) is 39.4 Å². The topological polar surface area (TPSA) is 246 Å². The van der Waals surface area contributed by atoms with Gasteiger partial charge in [0, 0.05) is 49.5 Å². The molecule has 0 bridgehead atoms. The van der Waals surface area contributed by atoms with E-state index in [0.29, 0.717) is 48.9 Å². The molecular formula is C40H42N8O10.